The van der Waals surface area contributed by atoms with Crippen LogP contribution in [0.3, 0.4) is 0 Å². The van der Waals surface area contributed by atoms with E-state index in [1.807, 2.05) is 48.2 Å². The van der Waals surface area contributed by atoms with E-state index in [1.165, 1.54) is 0 Å². The molecule has 1 fully saturated rings. The Kier molecular flexibility index (Phi) is 4.85. The number of carbonyl (C=O) groups is 1. The van der Waals surface area contributed by atoms with Gasteiger partial charge in [0.15, 0.2) is 0 Å². The molecule has 0 atom stereocenters. The number of nitrogens with one attached hydrogen (secondary N) is 1. The van der Waals surface area contributed by atoms with E-state index in [-0.39, 0.29) is 12.6 Å². The minimum absolute atomic E-state index is 0.0763. The number of aromatic nitrogens is 1. The number of hydrogen-bond donors (Lipinski definition) is 2. The second-order valence-electron chi connectivity index (χ2n) is 6.51. The molecule has 128 valence electrons. The van der Waals surface area contributed by atoms with Crippen molar-refractivity contribution >= 4 is 28.3 Å². The first-order valence-corrected chi connectivity index (χ1v) is 8.31. The first-order valence-electron chi connectivity index (χ1n) is 8.31. The average molecular weight is 328 g/mol. The van der Waals surface area contributed by atoms with Crippen molar-refractivity contribution < 1.29 is 9.90 Å². The van der Waals surface area contributed by atoms with Crippen LogP contribution in [0.2, 0.25) is 0 Å². The summed E-state index contributed by atoms with van der Waals surface area (Å²) in [4.78, 5) is 20.6. The number of piperidine rings is 1. The Morgan fingerprint density at radius 3 is 2.75 bits per heavy atom. The molecular formula is C18H24N4O2. The number of anilines is 2. The van der Waals surface area contributed by atoms with Gasteiger partial charge in [-0.15, -0.1) is 0 Å². The molecule has 0 saturated carbocycles. The summed E-state index contributed by atoms with van der Waals surface area (Å²) in [6, 6.07) is 7.75. The van der Waals surface area contributed by atoms with Crippen molar-refractivity contribution in [1.29, 1.82) is 0 Å². The van der Waals surface area contributed by atoms with Gasteiger partial charge in [-0.1, -0.05) is 0 Å². The number of aliphatic hydroxyl groups excluding tert-OH is 1. The zero-order valence-corrected chi connectivity index (χ0v) is 14.2. The third kappa shape index (κ3) is 3.43. The lowest BCUT2D eigenvalue weighted by molar-refractivity contribution is 0.143. The van der Waals surface area contributed by atoms with Crippen molar-refractivity contribution in [2.24, 2.45) is 5.92 Å². The number of hydrogen-bond acceptors (Lipinski definition) is 4. The topological polar surface area (TPSA) is 68.7 Å². The second kappa shape index (κ2) is 7.05. The Hall–Kier alpha value is -2.34. The van der Waals surface area contributed by atoms with E-state index in [0.29, 0.717) is 19.0 Å². The van der Waals surface area contributed by atoms with Crippen LogP contribution in [0.4, 0.5) is 16.3 Å². The van der Waals surface area contributed by atoms with Crippen molar-refractivity contribution in [1.82, 2.24) is 9.88 Å². The summed E-state index contributed by atoms with van der Waals surface area (Å²) in [6.07, 6.45) is 3.50. The van der Waals surface area contributed by atoms with Gasteiger partial charge in [0.25, 0.3) is 0 Å². The summed E-state index contributed by atoms with van der Waals surface area (Å²) in [6.45, 7) is 1.60. The first kappa shape index (κ1) is 16.5. The lowest BCUT2D eigenvalue weighted by Crippen LogP contribution is -2.41. The molecule has 1 aliphatic rings. The van der Waals surface area contributed by atoms with Gasteiger partial charge in [-0.25, -0.2) is 9.78 Å². The molecule has 0 bridgehead atoms. The highest BCUT2D eigenvalue weighted by Crippen LogP contribution is 2.26. The van der Waals surface area contributed by atoms with Gasteiger partial charge in [-0.3, -0.25) is 0 Å². The van der Waals surface area contributed by atoms with E-state index in [9.17, 15) is 9.90 Å². The number of benzene rings is 1. The molecule has 6 nitrogen and oxygen atoms in total. The molecule has 0 spiro atoms. The molecule has 0 radical (unpaired) electrons. The summed E-state index contributed by atoms with van der Waals surface area (Å²) in [5.41, 5.74) is 0.785. The molecule has 2 heterocycles. The minimum Gasteiger partial charge on any atom is -0.396 e. The van der Waals surface area contributed by atoms with Crippen LogP contribution in [0.5, 0.6) is 0 Å². The number of aliphatic hydroxyl groups is 1. The van der Waals surface area contributed by atoms with Crippen LogP contribution in [-0.2, 0) is 0 Å². The number of amides is 2. The van der Waals surface area contributed by atoms with Crippen LogP contribution < -0.4 is 10.2 Å². The summed E-state index contributed by atoms with van der Waals surface area (Å²) < 4.78 is 0. The molecule has 2 amide bonds. The highest BCUT2D eigenvalue weighted by atomic mass is 16.3. The summed E-state index contributed by atoms with van der Waals surface area (Å²) in [7, 11) is 3.93. The predicted molar refractivity (Wildman–Crippen MR) is 96.5 cm³/mol. The molecule has 2 aromatic rings. The van der Waals surface area contributed by atoms with Crippen LogP contribution in [0, 0.1) is 5.92 Å². The lowest BCUT2D eigenvalue weighted by Gasteiger charge is -2.31. The van der Waals surface area contributed by atoms with Gasteiger partial charge >= 0.3 is 6.03 Å². The fraction of sp³-hybridized carbons (Fsp3) is 0.444. The normalized spacial score (nSPS) is 15.5. The fourth-order valence-electron chi connectivity index (χ4n) is 3.12. The molecule has 1 aliphatic heterocycles. The summed E-state index contributed by atoms with van der Waals surface area (Å²) in [5, 5.41) is 14.3. The molecule has 6 heteroatoms. The van der Waals surface area contributed by atoms with E-state index in [4.69, 9.17) is 0 Å². The maximum atomic E-state index is 12.4. The van der Waals surface area contributed by atoms with Crippen LogP contribution in [0.25, 0.3) is 10.8 Å². The number of nitrogens with zero attached hydrogens (tertiary/aromatic N) is 3. The second-order valence-corrected chi connectivity index (χ2v) is 6.51. The highest BCUT2D eigenvalue weighted by Gasteiger charge is 2.22. The van der Waals surface area contributed by atoms with Crippen LogP contribution in [0.15, 0.2) is 30.5 Å². The van der Waals surface area contributed by atoms with Gasteiger partial charge in [0.2, 0.25) is 0 Å². The van der Waals surface area contributed by atoms with Gasteiger partial charge in [-0.2, -0.15) is 0 Å². The third-order valence-electron chi connectivity index (χ3n) is 4.58. The van der Waals surface area contributed by atoms with Crippen molar-refractivity contribution in [3.8, 4) is 0 Å². The van der Waals surface area contributed by atoms with Crippen molar-refractivity contribution in [3.63, 3.8) is 0 Å². The van der Waals surface area contributed by atoms with Gasteiger partial charge in [0.05, 0.1) is 0 Å². The maximum absolute atomic E-state index is 12.4. The van der Waals surface area contributed by atoms with E-state index >= 15 is 0 Å². The Bertz CT molecular complexity index is 724. The lowest BCUT2D eigenvalue weighted by atomic mass is 9.98. The van der Waals surface area contributed by atoms with Crippen LogP contribution in [-0.4, -0.2) is 54.8 Å². The fourth-order valence-corrected chi connectivity index (χ4v) is 3.12. The number of carbonyl (C=O) groups excluding carboxylic acids is 1. The van der Waals surface area contributed by atoms with Crippen LogP contribution >= 0.6 is 0 Å². The number of fused-ring (bicyclic) bond motifs is 1. The first-order chi connectivity index (χ1) is 11.6. The number of likely N-dealkylation sites (tertiary alicyclic amines) is 1. The van der Waals surface area contributed by atoms with Gasteiger partial charge in [-0.05, 0) is 48.4 Å². The van der Waals surface area contributed by atoms with E-state index in [2.05, 4.69) is 10.3 Å². The van der Waals surface area contributed by atoms with Gasteiger partial charge in [0, 0.05) is 51.1 Å². The molecule has 24 heavy (non-hydrogen) atoms. The van der Waals surface area contributed by atoms with Gasteiger partial charge < -0.3 is 20.2 Å². The summed E-state index contributed by atoms with van der Waals surface area (Å²) in [5.74, 6) is 1.24. The Balaban J connectivity index is 1.73. The Labute approximate surface area is 142 Å². The SMILES string of the molecule is CN(C)c1nccc2cc(NC(=O)N3CCC(CO)CC3)ccc12. The van der Waals surface area contributed by atoms with Crippen molar-refractivity contribution in [2.45, 2.75) is 12.8 Å². The maximum Gasteiger partial charge on any atom is 0.321 e. The number of pyridine rings is 1. The molecule has 1 saturated heterocycles. The smallest absolute Gasteiger partial charge is 0.321 e. The minimum atomic E-state index is -0.0763. The van der Waals surface area contributed by atoms with Gasteiger partial charge in [0.1, 0.15) is 5.82 Å². The zero-order valence-electron chi connectivity index (χ0n) is 14.2. The molecule has 3 rings (SSSR count). The highest BCUT2D eigenvalue weighted by molar-refractivity contribution is 5.97. The molecule has 0 aliphatic carbocycles. The third-order valence-corrected chi connectivity index (χ3v) is 4.58. The standard InChI is InChI=1S/C18H24N4O2/c1-21(2)17-16-4-3-15(11-14(16)5-8-19-17)20-18(24)22-9-6-13(12-23)7-10-22/h3-5,8,11,13,23H,6-7,9-10,12H2,1-2H3,(H,20,24). The average Bonchev–Trinajstić information content (AvgIpc) is 2.61. The number of rotatable bonds is 3. The molecule has 2 N–H and O–H groups in total. The zero-order chi connectivity index (χ0) is 17.1. The molecule has 0 unspecified atom stereocenters. The molecule has 1 aromatic carbocycles. The summed E-state index contributed by atoms with van der Waals surface area (Å²) >= 11 is 0. The van der Waals surface area contributed by atoms with Crippen molar-refractivity contribution in [2.75, 3.05) is 44.0 Å². The largest absolute Gasteiger partial charge is 0.396 e. The van der Waals surface area contributed by atoms with Crippen molar-refractivity contribution in [3.05, 3.63) is 30.5 Å². The Morgan fingerprint density at radius 1 is 1.33 bits per heavy atom. The molecular weight excluding hydrogens is 304 g/mol. The molecule has 1 aromatic heterocycles. The Morgan fingerprint density at radius 2 is 2.08 bits per heavy atom. The van der Waals surface area contributed by atoms with Crippen LogP contribution in [0.1, 0.15) is 12.8 Å². The monoisotopic (exact) mass is 328 g/mol. The van der Waals surface area contributed by atoms with E-state index in [0.717, 1.165) is 35.1 Å². The number of urea groups is 1. The quantitative estimate of drug-likeness (QED) is 0.908. The van der Waals surface area contributed by atoms with E-state index < -0.39 is 0 Å². The predicted octanol–water partition coefficient (Wildman–Crippen LogP) is 2.54. The van der Waals surface area contributed by atoms with E-state index in [1.54, 1.807) is 6.20 Å².